The molecule has 15 heavy (non-hydrogen) atoms. The van der Waals surface area contributed by atoms with Crippen molar-refractivity contribution in [1.29, 1.82) is 0 Å². The van der Waals surface area contributed by atoms with Crippen LogP contribution in [0.3, 0.4) is 0 Å². The molecule has 0 bridgehead atoms. The molecule has 2 rings (SSSR count). The molecule has 0 fully saturated rings. The molecule has 1 heterocycles. The summed E-state index contributed by atoms with van der Waals surface area (Å²) in [5.74, 6) is 1.21. The fourth-order valence-electron chi connectivity index (χ4n) is 1.71. The van der Waals surface area contributed by atoms with Crippen LogP contribution in [0.5, 0.6) is 0 Å². The van der Waals surface area contributed by atoms with Gasteiger partial charge in [-0.2, -0.15) is 0 Å². The fraction of sp³-hybridized carbons (Fsp3) is 0.333. The van der Waals surface area contributed by atoms with Gasteiger partial charge in [-0.3, -0.25) is 9.59 Å². The molecule has 0 atom stereocenters. The first-order valence-electron chi connectivity index (χ1n) is 4.95. The van der Waals surface area contributed by atoms with Crippen molar-refractivity contribution >= 4 is 23.3 Å². The van der Waals surface area contributed by atoms with Crippen molar-refractivity contribution in [2.24, 2.45) is 0 Å². The first kappa shape index (κ1) is 10.4. The average Bonchev–Trinajstić information content (AvgIpc) is 2.18. The molecule has 1 aliphatic rings. The van der Waals surface area contributed by atoms with Gasteiger partial charge in [-0.15, -0.1) is 11.8 Å². The molecule has 1 aliphatic heterocycles. The molecular formula is C12H12O2S. The topological polar surface area (TPSA) is 34.1 Å². The molecule has 0 amide bonds. The van der Waals surface area contributed by atoms with Crippen LogP contribution in [0.1, 0.15) is 29.3 Å². The van der Waals surface area contributed by atoms with Crippen molar-refractivity contribution in [1.82, 2.24) is 0 Å². The van der Waals surface area contributed by atoms with Crippen molar-refractivity contribution in [3.63, 3.8) is 0 Å². The second kappa shape index (κ2) is 4.19. The van der Waals surface area contributed by atoms with Crippen LogP contribution in [0.2, 0.25) is 0 Å². The lowest BCUT2D eigenvalue weighted by atomic mass is 10.0. The number of fused-ring (bicyclic) bond motifs is 1. The van der Waals surface area contributed by atoms with E-state index in [1.165, 1.54) is 0 Å². The zero-order valence-corrected chi connectivity index (χ0v) is 9.39. The summed E-state index contributed by atoms with van der Waals surface area (Å²) in [6.07, 6.45) is 1.03. The number of rotatable bonds is 2. The van der Waals surface area contributed by atoms with Crippen molar-refractivity contribution < 1.29 is 9.59 Å². The normalized spacial score (nSPS) is 14.9. The predicted octanol–water partition coefficient (Wildman–Crippen LogP) is 2.50. The number of hydrogen-bond donors (Lipinski definition) is 0. The van der Waals surface area contributed by atoms with E-state index in [4.69, 9.17) is 0 Å². The van der Waals surface area contributed by atoms with Gasteiger partial charge in [-0.1, -0.05) is 6.07 Å². The Hall–Kier alpha value is -1.09. The summed E-state index contributed by atoms with van der Waals surface area (Å²) in [6.45, 7) is 1.57. The third-order valence-corrected chi connectivity index (χ3v) is 3.46. The Morgan fingerprint density at radius 2 is 2.27 bits per heavy atom. The number of Topliss-reactive ketones (excluding diaryl/α,β-unsaturated/α-hetero) is 2. The standard InChI is InChI=1S/C12H12O2S/c1-8(13)6-9-2-3-12-10(7-9)11(14)4-5-15-12/h2-3,7H,4-6H2,1H3. The first-order valence-corrected chi connectivity index (χ1v) is 5.94. The number of benzene rings is 1. The van der Waals surface area contributed by atoms with Gasteiger partial charge in [0.1, 0.15) is 5.78 Å². The van der Waals surface area contributed by atoms with Crippen LogP contribution in [0.25, 0.3) is 0 Å². The summed E-state index contributed by atoms with van der Waals surface area (Å²) < 4.78 is 0. The van der Waals surface area contributed by atoms with Crippen molar-refractivity contribution in [2.45, 2.75) is 24.7 Å². The van der Waals surface area contributed by atoms with Crippen LogP contribution in [0.4, 0.5) is 0 Å². The number of ketones is 2. The third kappa shape index (κ3) is 2.29. The molecule has 0 saturated carbocycles. The van der Waals surface area contributed by atoms with Gasteiger partial charge in [0, 0.05) is 29.1 Å². The Balaban J connectivity index is 2.35. The van der Waals surface area contributed by atoms with Gasteiger partial charge in [0.05, 0.1) is 0 Å². The van der Waals surface area contributed by atoms with Crippen molar-refractivity contribution in [3.8, 4) is 0 Å². The molecule has 0 aromatic heterocycles. The monoisotopic (exact) mass is 220 g/mol. The molecule has 2 nitrogen and oxygen atoms in total. The Labute approximate surface area is 93.1 Å². The van der Waals surface area contributed by atoms with Crippen LogP contribution in [0, 0.1) is 0 Å². The largest absolute Gasteiger partial charge is 0.300 e. The van der Waals surface area contributed by atoms with E-state index in [0.29, 0.717) is 12.8 Å². The Bertz CT molecular complexity index is 424. The lowest BCUT2D eigenvalue weighted by molar-refractivity contribution is -0.116. The fourth-order valence-corrected chi connectivity index (χ4v) is 2.71. The molecule has 0 saturated heterocycles. The number of thioether (sulfide) groups is 1. The maximum atomic E-state index is 11.6. The molecule has 3 heteroatoms. The van der Waals surface area contributed by atoms with E-state index in [-0.39, 0.29) is 11.6 Å². The maximum absolute atomic E-state index is 11.6. The van der Waals surface area contributed by atoms with Crippen LogP contribution in [-0.2, 0) is 11.2 Å². The summed E-state index contributed by atoms with van der Waals surface area (Å²) >= 11 is 1.71. The minimum Gasteiger partial charge on any atom is -0.300 e. The Morgan fingerprint density at radius 3 is 3.00 bits per heavy atom. The Kier molecular flexibility index (Phi) is 2.91. The summed E-state index contributed by atoms with van der Waals surface area (Å²) in [7, 11) is 0. The van der Waals surface area contributed by atoms with Gasteiger partial charge in [0.25, 0.3) is 0 Å². The van der Waals surface area contributed by atoms with E-state index in [1.54, 1.807) is 18.7 Å². The lowest BCUT2D eigenvalue weighted by Crippen LogP contribution is -2.09. The Morgan fingerprint density at radius 1 is 1.47 bits per heavy atom. The molecule has 0 N–H and O–H groups in total. The molecule has 1 aromatic carbocycles. The van der Waals surface area contributed by atoms with Crippen LogP contribution in [-0.4, -0.2) is 17.3 Å². The van der Waals surface area contributed by atoms with Gasteiger partial charge in [0.2, 0.25) is 0 Å². The van der Waals surface area contributed by atoms with E-state index < -0.39 is 0 Å². The molecule has 78 valence electrons. The summed E-state index contributed by atoms with van der Waals surface area (Å²) in [5.41, 5.74) is 1.74. The summed E-state index contributed by atoms with van der Waals surface area (Å²) in [6, 6.07) is 5.76. The number of hydrogen-bond acceptors (Lipinski definition) is 3. The van der Waals surface area contributed by atoms with E-state index >= 15 is 0 Å². The smallest absolute Gasteiger partial charge is 0.164 e. The zero-order valence-electron chi connectivity index (χ0n) is 8.58. The highest BCUT2D eigenvalue weighted by Gasteiger charge is 2.17. The molecule has 0 aliphatic carbocycles. The average molecular weight is 220 g/mol. The van der Waals surface area contributed by atoms with Gasteiger partial charge in [0.15, 0.2) is 5.78 Å². The minimum atomic E-state index is 0.130. The van der Waals surface area contributed by atoms with Gasteiger partial charge in [-0.05, 0) is 24.6 Å². The van der Waals surface area contributed by atoms with E-state index in [1.807, 2.05) is 18.2 Å². The zero-order chi connectivity index (χ0) is 10.8. The van der Waals surface area contributed by atoms with Crippen LogP contribution >= 0.6 is 11.8 Å². The number of carbonyl (C=O) groups is 2. The van der Waals surface area contributed by atoms with Crippen molar-refractivity contribution in [3.05, 3.63) is 29.3 Å². The molecule has 0 radical (unpaired) electrons. The summed E-state index contributed by atoms with van der Waals surface area (Å²) in [4.78, 5) is 23.7. The second-order valence-electron chi connectivity index (χ2n) is 3.73. The van der Waals surface area contributed by atoms with Gasteiger partial charge < -0.3 is 0 Å². The predicted molar refractivity (Wildman–Crippen MR) is 60.5 cm³/mol. The van der Waals surface area contributed by atoms with Crippen LogP contribution < -0.4 is 0 Å². The van der Waals surface area contributed by atoms with Gasteiger partial charge >= 0.3 is 0 Å². The second-order valence-corrected chi connectivity index (χ2v) is 4.87. The third-order valence-electron chi connectivity index (χ3n) is 2.38. The summed E-state index contributed by atoms with van der Waals surface area (Å²) in [5, 5.41) is 0. The molecule has 1 aromatic rings. The van der Waals surface area contributed by atoms with E-state index in [2.05, 4.69) is 0 Å². The van der Waals surface area contributed by atoms with Gasteiger partial charge in [-0.25, -0.2) is 0 Å². The van der Waals surface area contributed by atoms with Crippen molar-refractivity contribution in [2.75, 3.05) is 5.75 Å². The molecular weight excluding hydrogens is 208 g/mol. The molecule has 0 spiro atoms. The van der Waals surface area contributed by atoms with E-state index in [0.717, 1.165) is 21.8 Å². The highest BCUT2D eigenvalue weighted by molar-refractivity contribution is 7.99. The van der Waals surface area contributed by atoms with Crippen LogP contribution in [0.15, 0.2) is 23.1 Å². The first-order chi connectivity index (χ1) is 7.16. The number of carbonyl (C=O) groups excluding carboxylic acids is 2. The molecule has 0 unspecified atom stereocenters. The quantitative estimate of drug-likeness (QED) is 0.768. The minimum absolute atomic E-state index is 0.130. The highest BCUT2D eigenvalue weighted by Crippen LogP contribution is 2.30. The highest BCUT2D eigenvalue weighted by atomic mass is 32.2. The maximum Gasteiger partial charge on any atom is 0.164 e. The van der Waals surface area contributed by atoms with E-state index in [9.17, 15) is 9.59 Å². The lowest BCUT2D eigenvalue weighted by Gasteiger charge is -2.14. The SMILES string of the molecule is CC(=O)Cc1ccc2c(c1)C(=O)CCS2.